The summed E-state index contributed by atoms with van der Waals surface area (Å²) in [6.45, 7) is 1.99. The molecule has 0 bridgehead atoms. The van der Waals surface area contributed by atoms with E-state index in [1.165, 1.54) is 6.20 Å². The van der Waals surface area contributed by atoms with Crippen molar-refractivity contribution in [3.8, 4) is 0 Å². The molecule has 0 amide bonds. The molecule has 1 aromatic rings. The molecule has 7 heteroatoms. The summed E-state index contributed by atoms with van der Waals surface area (Å²) < 4.78 is 26.9. The van der Waals surface area contributed by atoms with Gasteiger partial charge in [0.05, 0.1) is 5.69 Å². The molecule has 0 atom stereocenters. The molecule has 1 rings (SSSR count). The molecule has 14 heavy (non-hydrogen) atoms. The Kier molecular flexibility index (Phi) is 3.26. The molecular weight excluding hydrogens is 204 g/mol. The molecule has 0 fully saturated rings. The fourth-order valence-corrected chi connectivity index (χ4v) is 1.73. The third-order valence-corrected chi connectivity index (χ3v) is 2.54. The predicted octanol–water partition coefficient (Wildman–Crippen LogP) is -0.0700. The van der Waals surface area contributed by atoms with Crippen LogP contribution in [-0.4, -0.2) is 19.9 Å². The SMILES string of the molecule is CCNS(=O)(=O)Nc1ncccc1N. The van der Waals surface area contributed by atoms with Crippen LogP contribution in [0.2, 0.25) is 0 Å². The molecule has 0 saturated heterocycles. The van der Waals surface area contributed by atoms with Crippen molar-refractivity contribution >= 4 is 21.7 Å². The first-order valence-electron chi connectivity index (χ1n) is 4.03. The van der Waals surface area contributed by atoms with Crippen molar-refractivity contribution in [1.82, 2.24) is 9.71 Å². The fraction of sp³-hybridized carbons (Fsp3) is 0.286. The van der Waals surface area contributed by atoms with Crippen LogP contribution in [-0.2, 0) is 10.2 Å². The smallest absolute Gasteiger partial charge is 0.300 e. The molecule has 0 aliphatic carbocycles. The summed E-state index contributed by atoms with van der Waals surface area (Å²) in [4.78, 5) is 3.79. The Morgan fingerprint density at radius 1 is 1.57 bits per heavy atom. The second kappa shape index (κ2) is 4.25. The number of anilines is 2. The van der Waals surface area contributed by atoms with Crippen LogP contribution in [0.15, 0.2) is 18.3 Å². The highest BCUT2D eigenvalue weighted by molar-refractivity contribution is 7.90. The standard InChI is InChI=1S/C7H12N4O2S/c1-2-10-14(12,13)11-7-6(8)4-3-5-9-7/h3-5,10H,2,8H2,1H3,(H,9,11). The van der Waals surface area contributed by atoms with E-state index in [1.807, 2.05) is 0 Å². The van der Waals surface area contributed by atoms with Gasteiger partial charge in [0.2, 0.25) is 0 Å². The number of nitrogens with zero attached hydrogens (tertiary/aromatic N) is 1. The zero-order chi connectivity index (χ0) is 10.6. The number of nitrogens with two attached hydrogens (primary N) is 1. The summed E-state index contributed by atoms with van der Waals surface area (Å²) in [5.74, 6) is 0.133. The molecule has 0 aromatic carbocycles. The maximum atomic E-state index is 11.2. The van der Waals surface area contributed by atoms with Crippen LogP contribution in [0.25, 0.3) is 0 Å². The van der Waals surface area contributed by atoms with Gasteiger partial charge in [-0.05, 0) is 12.1 Å². The Morgan fingerprint density at radius 2 is 2.29 bits per heavy atom. The van der Waals surface area contributed by atoms with E-state index in [1.54, 1.807) is 19.1 Å². The molecule has 0 aliphatic heterocycles. The lowest BCUT2D eigenvalue weighted by atomic mass is 10.4. The van der Waals surface area contributed by atoms with Crippen LogP contribution in [0.5, 0.6) is 0 Å². The summed E-state index contributed by atoms with van der Waals surface area (Å²) >= 11 is 0. The number of rotatable bonds is 4. The summed E-state index contributed by atoms with van der Waals surface area (Å²) in [6.07, 6.45) is 1.46. The Bertz CT molecular complexity index is 404. The van der Waals surface area contributed by atoms with Crippen molar-refractivity contribution in [2.45, 2.75) is 6.92 Å². The molecule has 1 heterocycles. The first kappa shape index (κ1) is 10.7. The van der Waals surface area contributed by atoms with Gasteiger partial charge in [0.15, 0.2) is 5.82 Å². The molecule has 0 unspecified atom stereocenters. The average Bonchev–Trinajstić information content (AvgIpc) is 2.08. The van der Waals surface area contributed by atoms with E-state index in [9.17, 15) is 8.42 Å². The van der Waals surface area contributed by atoms with E-state index in [4.69, 9.17) is 5.73 Å². The van der Waals surface area contributed by atoms with Gasteiger partial charge in [-0.2, -0.15) is 13.1 Å². The highest BCUT2D eigenvalue weighted by atomic mass is 32.2. The Balaban J connectivity index is 2.84. The normalized spacial score (nSPS) is 11.2. The van der Waals surface area contributed by atoms with E-state index in [0.717, 1.165) is 0 Å². The van der Waals surface area contributed by atoms with Crippen LogP contribution in [0.3, 0.4) is 0 Å². The van der Waals surface area contributed by atoms with Gasteiger partial charge in [-0.1, -0.05) is 6.92 Å². The van der Waals surface area contributed by atoms with Gasteiger partial charge >= 0.3 is 0 Å². The van der Waals surface area contributed by atoms with Gasteiger partial charge in [0, 0.05) is 12.7 Å². The monoisotopic (exact) mass is 216 g/mol. The number of nitrogens with one attached hydrogen (secondary N) is 2. The maximum absolute atomic E-state index is 11.2. The van der Waals surface area contributed by atoms with Crippen LogP contribution in [0, 0.1) is 0 Å². The summed E-state index contributed by atoms with van der Waals surface area (Å²) in [7, 11) is -3.55. The first-order valence-corrected chi connectivity index (χ1v) is 5.51. The van der Waals surface area contributed by atoms with Gasteiger partial charge in [-0.25, -0.2) is 4.98 Å². The number of pyridine rings is 1. The van der Waals surface area contributed by atoms with Crippen molar-refractivity contribution in [2.75, 3.05) is 17.0 Å². The Hall–Kier alpha value is -1.34. The van der Waals surface area contributed by atoms with Gasteiger partial charge in [-0.15, -0.1) is 0 Å². The van der Waals surface area contributed by atoms with Gasteiger partial charge in [0.1, 0.15) is 0 Å². The molecule has 6 nitrogen and oxygen atoms in total. The first-order chi connectivity index (χ1) is 6.55. The molecule has 0 spiro atoms. The van der Waals surface area contributed by atoms with Crippen molar-refractivity contribution in [3.63, 3.8) is 0 Å². The van der Waals surface area contributed by atoms with Crippen molar-refractivity contribution in [3.05, 3.63) is 18.3 Å². The Labute approximate surface area is 82.7 Å². The number of aromatic nitrogens is 1. The van der Waals surface area contributed by atoms with E-state index >= 15 is 0 Å². The van der Waals surface area contributed by atoms with Crippen LogP contribution in [0.1, 0.15) is 6.92 Å². The fourth-order valence-electron chi connectivity index (χ4n) is 0.856. The largest absolute Gasteiger partial charge is 0.396 e. The molecule has 0 aliphatic rings. The summed E-state index contributed by atoms with van der Waals surface area (Å²) in [5.41, 5.74) is 5.79. The summed E-state index contributed by atoms with van der Waals surface area (Å²) in [5, 5.41) is 0. The number of nitrogen functional groups attached to an aromatic ring is 1. The van der Waals surface area contributed by atoms with Gasteiger partial charge in [0.25, 0.3) is 10.2 Å². The molecular formula is C7H12N4O2S. The second-order valence-electron chi connectivity index (χ2n) is 2.54. The van der Waals surface area contributed by atoms with Crippen LogP contribution >= 0.6 is 0 Å². The van der Waals surface area contributed by atoms with Gasteiger partial charge < -0.3 is 5.73 Å². The molecule has 78 valence electrons. The zero-order valence-electron chi connectivity index (χ0n) is 7.69. The van der Waals surface area contributed by atoms with Crippen molar-refractivity contribution in [1.29, 1.82) is 0 Å². The van der Waals surface area contributed by atoms with E-state index in [2.05, 4.69) is 14.4 Å². The molecule has 0 saturated carbocycles. The average molecular weight is 216 g/mol. The van der Waals surface area contributed by atoms with Crippen molar-refractivity contribution < 1.29 is 8.42 Å². The van der Waals surface area contributed by atoms with Gasteiger partial charge in [-0.3, -0.25) is 4.72 Å². The zero-order valence-corrected chi connectivity index (χ0v) is 8.50. The van der Waals surface area contributed by atoms with E-state index < -0.39 is 10.2 Å². The van der Waals surface area contributed by atoms with E-state index in [0.29, 0.717) is 6.54 Å². The molecule has 1 aromatic heterocycles. The van der Waals surface area contributed by atoms with E-state index in [-0.39, 0.29) is 11.5 Å². The number of hydrogen-bond acceptors (Lipinski definition) is 4. The minimum Gasteiger partial charge on any atom is -0.396 e. The second-order valence-corrected chi connectivity index (χ2v) is 4.04. The minimum atomic E-state index is -3.55. The quantitative estimate of drug-likeness (QED) is 0.656. The lowest BCUT2D eigenvalue weighted by Gasteiger charge is -2.08. The third kappa shape index (κ3) is 2.86. The highest BCUT2D eigenvalue weighted by Gasteiger charge is 2.09. The lowest BCUT2D eigenvalue weighted by Crippen LogP contribution is -2.30. The van der Waals surface area contributed by atoms with Crippen LogP contribution < -0.4 is 15.2 Å². The topological polar surface area (TPSA) is 97.1 Å². The van der Waals surface area contributed by atoms with Crippen molar-refractivity contribution in [2.24, 2.45) is 0 Å². The molecule has 0 radical (unpaired) electrons. The highest BCUT2D eigenvalue weighted by Crippen LogP contribution is 2.13. The van der Waals surface area contributed by atoms with Crippen LogP contribution in [0.4, 0.5) is 11.5 Å². The Morgan fingerprint density at radius 3 is 2.86 bits per heavy atom. The lowest BCUT2D eigenvalue weighted by molar-refractivity contribution is 0.589. The maximum Gasteiger partial charge on any atom is 0.300 e. The third-order valence-electron chi connectivity index (χ3n) is 1.40. The minimum absolute atomic E-state index is 0.133. The number of hydrogen-bond donors (Lipinski definition) is 3. The predicted molar refractivity (Wildman–Crippen MR) is 54.9 cm³/mol. The molecule has 4 N–H and O–H groups in total. The summed E-state index contributed by atoms with van der Waals surface area (Å²) in [6, 6.07) is 3.19.